The zero-order chi connectivity index (χ0) is 6.43. The quantitative estimate of drug-likeness (QED) is 0.411. The Balaban J connectivity index is 2.16. The average molecular weight is 125 g/mol. The van der Waals surface area contributed by atoms with E-state index >= 15 is 0 Å². The number of rotatable bonds is 0. The Kier molecular flexibility index (Phi) is 0.743. The lowest BCUT2D eigenvalue weighted by Crippen LogP contribution is -2.47. The Labute approximate surface area is 52.6 Å². The zero-order valence-corrected chi connectivity index (χ0v) is 4.96. The van der Waals surface area contributed by atoms with Crippen LogP contribution in [0.4, 0.5) is 0 Å². The van der Waals surface area contributed by atoms with Crippen LogP contribution < -0.4 is 0 Å². The summed E-state index contributed by atoms with van der Waals surface area (Å²) in [5.74, 6) is 0.358. The monoisotopic (exact) mass is 125 g/mol. The third kappa shape index (κ3) is 0.515. The molecule has 2 rings (SSSR count). The molecular weight excluding hydrogens is 118 g/mol. The van der Waals surface area contributed by atoms with Gasteiger partial charge in [-0.2, -0.15) is 0 Å². The average Bonchev–Trinajstić information content (AvgIpc) is 2.08. The van der Waals surface area contributed by atoms with Crippen molar-refractivity contribution in [3.05, 3.63) is 0 Å². The highest BCUT2D eigenvalue weighted by Gasteiger charge is 2.43. The summed E-state index contributed by atoms with van der Waals surface area (Å²) in [5, 5.41) is 0. The van der Waals surface area contributed by atoms with Gasteiger partial charge in [0.05, 0.1) is 6.54 Å². The van der Waals surface area contributed by atoms with E-state index in [-0.39, 0.29) is 17.7 Å². The third-order valence-corrected chi connectivity index (χ3v) is 1.98. The molecule has 3 nitrogen and oxygen atoms in total. The highest BCUT2D eigenvalue weighted by molar-refractivity contribution is 5.95. The first-order chi connectivity index (χ1) is 4.27. The smallest absolute Gasteiger partial charge is 0.225 e. The number of amides is 1. The number of carbonyl (C=O) groups excluding carboxylic acids is 2. The largest absolute Gasteiger partial charge is 0.331 e. The Morgan fingerprint density at radius 3 is 2.56 bits per heavy atom. The van der Waals surface area contributed by atoms with Gasteiger partial charge in [0.15, 0.2) is 5.78 Å². The fourth-order valence-corrected chi connectivity index (χ4v) is 1.44. The highest BCUT2D eigenvalue weighted by atomic mass is 16.2. The van der Waals surface area contributed by atoms with Crippen molar-refractivity contribution < 1.29 is 9.59 Å². The molecular formula is C6H7NO2. The second kappa shape index (κ2) is 1.35. The van der Waals surface area contributed by atoms with E-state index < -0.39 is 0 Å². The van der Waals surface area contributed by atoms with Crippen LogP contribution in [-0.2, 0) is 9.59 Å². The SMILES string of the molecule is O=C1C[C@@H]2CC(=O)N2C1. The van der Waals surface area contributed by atoms with Gasteiger partial charge in [-0.1, -0.05) is 0 Å². The maximum atomic E-state index is 10.7. The van der Waals surface area contributed by atoms with Gasteiger partial charge in [0.1, 0.15) is 0 Å². The van der Waals surface area contributed by atoms with Crippen LogP contribution in [0.25, 0.3) is 0 Å². The zero-order valence-electron chi connectivity index (χ0n) is 4.96. The second-order valence-corrected chi connectivity index (χ2v) is 2.62. The fourth-order valence-electron chi connectivity index (χ4n) is 1.44. The van der Waals surface area contributed by atoms with Crippen molar-refractivity contribution in [2.24, 2.45) is 0 Å². The normalized spacial score (nSPS) is 32.4. The molecule has 2 heterocycles. The minimum Gasteiger partial charge on any atom is -0.331 e. The number of ketones is 1. The Morgan fingerprint density at radius 2 is 2.11 bits per heavy atom. The van der Waals surface area contributed by atoms with Gasteiger partial charge in [0, 0.05) is 18.9 Å². The van der Waals surface area contributed by atoms with Crippen LogP contribution in [0.15, 0.2) is 0 Å². The van der Waals surface area contributed by atoms with Crippen LogP contribution in [0.2, 0.25) is 0 Å². The maximum Gasteiger partial charge on any atom is 0.225 e. The van der Waals surface area contributed by atoms with Gasteiger partial charge in [-0.25, -0.2) is 0 Å². The molecule has 0 radical (unpaired) electrons. The molecule has 0 saturated carbocycles. The van der Waals surface area contributed by atoms with Crippen molar-refractivity contribution in [3.8, 4) is 0 Å². The van der Waals surface area contributed by atoms with Gasteiger partial charge in [-0.05, 0) is 0 Å². The fraction of sp³-hybridized carbons (Fsp3) is 0.667. The lowest BCUT2D eigenvalue weighted by atomic mass is 10.0. The highest BCUT2D eigenvalue weighted by Crippen LogP contribution is 2.27. The van der Waals surface area contributed by atoms with E-state index in [9.17, 15) is 9.59 Å². The summed E-state index contributed by atoms with van der Waals surface area (Å²) in [7, 11) is 0. The molecule has 48 valence electrons. The minimum absolute atomic E-state index is 0.144. The molecule has 0 unspecified atom stereocenters. The van der Waals surface area contributed by atoms with E-state index in [0.717, 1.165) is 0 Å². The number of hydrogen-bond acceptors (Lipinski definition) is 2. The molecule has 3 heteroatoms. The summed E-state index contributed by atoms with van der Waals surface area (Å²) in [6.45, 7) is 0.378. The van der Waals surface area contributed by atoms with E-state index in [0.29, 0.717) is 19.4 Å². The van der Waals surface area contributed by atoms with E-state index in [4.69, 9.17) is 0 Å². The van der Waals surface area contributed by atoms with Crippen molar-refractivity contribution in [1.82, 2.24) is 4.90 Å². The van der Waals surface area contributed by atoms with E-state index in [2.05, 4.69) is 0 Å². The van der Waals surface area contributed by atoms with Crippen LogP contribution in [0.5, 0.6) is 0 Å². The molecule has 0 spiro atoms. The number of Topliss-reactive ketones (excluding diaryl/α,β-unsaturated/α-hetero) is 1. The molecule has 1 atom stereocenters. The van der Waals surface area contributed by atoms with Crippen molar-refractivity contribution in [2.75, 3.05) is 6.54 Å². The maximum absolute atomic E-state index is 10.7. The number of carbonyl (C=O) groups is 2. The van der Waals surface area contributed by atoms with Gasteiger partial charge in [-0.15, -0.1) is 0 Å². The summed E-state index contributed by atoms with van der Waals surface area (Å²) in [5.41, 5.74) is 0. The van der Waals surface area contributed by atoms with Crippen LogP contribution in [-0.4, -0.2) is 29.2 Å². The first-order valence-corrected chi connectivity index (χ1v) is 3.08. The summed E-state index contributed by atoms with van der Waals surface area (Å²) >= 11 is 0. The number of β-lactam (4-membered cyclic amide) rings is 1. The molecule has 0 N–H and O–H groups in total. The predicted molar refractivity (Wildman–Crippen MR) is 29.7 cm³/mol. The summed E-state index contributed by atoms with van der Waals surface area (Å²) in [4.78, 5) is 22.9. The molecule has 9 heavy (non-hydrogen) atoms. The van der Waals surface area contributed by atoms with Crippen molar-refractivity contribution in [1.29, 1.82) is 0 Å². The molecule has 2 aliphatic rings. The minimum atomic E-state index is 0.144. The van der Waals surface area contributed by atoms with Gasteiger partial charge < -0.3 is 4.90 Å². The summed E-state index contributed by atoms with van der Waals surface area (Å²) in [6.07, 6.45) is 1.21. The lowest BCUT2D eigenvalue weighted by Gasteiger charge is -2.32. The Bertz CT molecular complexity index is 185. The van der Waals surface area contributed by atoms with Crippen molar-refractivity contribution in [2.45, 2.75) is 18.9 Å². The van der Waals surface area contributed by atoms with Crippen molar-refractivity contribution >= 4 is 11.7 Å². The standard InChI is InChI=1S/C6H7NO2/c8-5-1-4-2-6(9)7(4)3-5/h4H,1-3H2/t4-/m1/s1. The Hall–Kier alpha value is -0.860. The number of hydrogen-bond donors (Lipinski definition) is 0. The predicted octanol–water partition coefficient (Wildman–Crippen LogP) is -0.440. The number of fused-ring (bicyclic) bond motifs is 1. The molecule has 0 aliphatic carbocycles. The summed E-state index contributed by atoms with van der Waals surface area (Å²) < 4.78 is 0. The molecule has 0 aromatic rings. The molecule has 2 aliphatic heterocycles. The molecule has 0 bridgehead atoms. The molecule has 2 fully saturated rings. The molecule has 1 amide bonds. The topological polar surface area (TPSA) is 37.4 Å². The van der Waals surface area contributed by atoms with Crippen LogP contribution in [0, 0.1) is 0 Å². The Morgan fingerprint density at radius 1 is 1.33 bits per heavy atom. The van der Waals surface area contributed by atoms with Crippen molar-refractivity contribution in [3.63, 3.8) is 0 Å². The van der Waals surface area contributed by atoms with Crippen LogP contribution >= 0.6 is 0 Å². The van der Waals surface area contributed by atoms with E-state index in [1.807, 2.05) is 0 Å². The first-order valence-electron chi connectivity index (χ1n) is 3.08. The molecule has 0 aromatic carbocycles. The summed E-state index contributed by atoms with van der Waals surface area (Å²) in [6, 6.07) is 0.282. The number of nitrogens with zero attached hydrogens (tertiary/aromatic N) is 1. The lowest BCUT2D eigenvalue weighted by molar-refractivity contribution is -0.143. The van der Waals surface area contributed by atoms with E-state index in [1.54, 1.807) is 4.90 Å². The van der Waals surface area contributed by atoms with Gasteiger partial charge >= 0.3 is 0 Å². The third-order valence-electron chi connectivity index (χ3n) is 1.98. The van der Waals surface area contributed by atoms with Crippen LogP contribution in [0.1, 0.15) is 12.8 Å². The van der Waals surface area contributed by atoms with Gasteiger partial charge in [-0.3, -0.25) is 9.59 Å². The van der Waals surface area contributed by atoms with Gasteiger partial charge in [0.25, 0.3) is 0 Å². The van der Waals surface area contributed by atoms with Gasteiger partial charge in [0.2, 0.25) is 5.91 Å². The van der Waals surface area contributed by atoms with Crippen LogP contribution in [0.3, 0.4) is 0 Å². The molecule has 2 saturated heterocycles. The second-order valence-electron chi connectivity index (χ2n) is 2.62. The molecule has 0 aromatic heterocycles. The first kappa shape index (κ1) is 4.97. The van der Waals surface area contributed by atoms with E-state index in [1.165, 1.54) is 0 Å².